The number of anilines is 3. The number of benzene rings is 2. The van der Waals surface area contributed by atoms with Gasteiger partial charge in [-0.05, 0) is 51.3 Å². The van der Waals surface area contributed by atoms with E-state index < -0.39 is 5.82 Å². The van der Waals surface area contributed by atoms with Crippen LogP contribution in [-0.2, 0) is 9.53 Å². The van der Waals surface area contributed by atoms with Gasteiger partial charge in [-0.2, -0.15) is 5.26 Å². The van der Waals surface area contributed by atoms with E-state index in [0.717, 1.165) is 19.4 Å². The van der Waals surface area contributed by atoms with Crippen LogP contribution in [-0.4, -0.2) is 60.7 Å². The van der Waals surface area contributed by atoms with E-state index in [0.29, 0.717) is 53.5 Å². The minimum Gasteiger partial charge on any atom is -0.486 e. The third-order valence-electron chi connectivity index (χ3n) is 5.55. The Balaban J connectivity index is 1.66. The van der Waals surface area contributed by atoms with E-state index in [1.54, 1.807) is 12.1 Å². The summed E-state index contributed by atoms with van der Waals surface area (Å²) in [6.07, 6.45) is 3.14. The Bertz CT molecular complexity index is 1250. The lowest BCUT2D eigenvalue weighted by molar-refractivity contribution is -0.116. The van der Waals surface area contributed by atoms with Crippen LogP contribution in [0.4, 0.5) is 21.6 Å². The Morgan fingerprint density at radius 3 is 2.91 bits per heavy atom. The molecule has 2 aromatic carbocycles. The van der Waals surface area contributed by atoms with Crippen molar-refractivity contribution < 1.29 is 18.7 Å². The molecule has 2 N–H and O–H groups in total. The Kier molecular flexibility index (Phi) is 7.70. The first-order chi connectivity index (χ1) is 16.9. The van der Waals surface area contributed by atoms with Gasteiger partial charge in [0.2, 0.25) is 5.91 Å². The Morgan fingerprint density at radius 2 is 2.17 bits per heavy atom. The first-order valence-corrected chi connectivity index (χ1v) is 11.4. The second-order valence-electron chi connectivity index (χ2n) is 8.58. The Labute approximate surface area is 202 Å². The quantitative estimate of drug-likeness (QED) is 0.477. The molecule has 2 heterocycles. The average molecular weight is 479 g/mol. The zero-order valence-corrected chi connectivity index (χ0v) is 19.7. The van der Waals surface area contributed by atoms with Crippen molar-refractivity contribution >= 4 is 34.0 Å². The molecule has 0 radical (unpaired) electrons. The van der Waals surface area contributed by atoms with Gasteiger partial charge in [0, 0.05) is 30.0 Å². The highest BCUT2D eigenvalue weighted by Crippen LogP contribution is 2.35. The lowest BCUT2D eigenvalue weighted by Crippen LogP contribution is -2.19. The standard InChI is InChI=1S/C25H27FN6O3/c1-32(2)8-3-4-24(33)31-22-11-19-21(12-23(22)35-18-7-9-34-14-18)28-15-29-25(19)30-17-5-6-20(26)16(10-17)13-27/h5-6,10-12,15,18H,3-4,7-9,14H2,1-2H3,(H,31,33)(H,28,29,30). The number of aromatic nitrogens is 2. The summed E-state index contributed by atoms with van der Waals surface area (Å²) in [6.45, 7) is 1.91. The number of hydrogen-bond acceptors (Lipinski definition) is 8. The van der Waals surface area contributed by atoms with Crippen LogP contribution in [0.3, 0.4) is 0 Å². The van der Waals surface area contributed by atoms with E-state index in [9.17, 15) is 9.18 Å². The SMILES string of the molecule is CN(C)CCCC(=O)Nc1cc2c(Nc3ccc(F)c(C#N)c3)ncnc2cc1OC1CCOC1. The lowest BCUT2D eigenvalue weighted by Gasteiger charge is -2.18. The molecular weight excluding hydrogens is 451 g/mol. The number of nitrogens with one attached hydrogen (secondary N) is 2. The summed E-state index contributed by atoms with van der Waals surface area (Å²) in [7, 11) is 3.93. The maximum Gasteiger partial charge on any atom is 0.224 e. The maximum atomic E-state index is 13.7. The van der Waals surface area contributed by atoms with Crippen LogP contribution in [0.1, 0.15) is 24.8 Å². The topological polar surface area (TPSA) is 112 Å². The summed E-state index contributed by atoms with van der Waals surface area (Å²) in [4.78, 5) is 23.4. The zero-order chi connectivity index (χ0) is 24.8. The molecule has 3 aromatic rings. The first kappa shape index (κ1) is 24.3. The highest BCUT2D eigenvalue weighted by Gasteiger charge is 2.21. The van der Waals surface area contributed by atoms with Crippen molar-refractivity contribution in [1.82, 2.24) is 14.9 Å². The number of halogens is 1. The van der Waals surface area contributed by atoms with Crippen LogP contribution in [0.2, 0.25) is 0 Å². The van der Waals surface area contributed by atoms with Gasteiger partial charge in [0.05, 0.1) is 30.0 Å². The van der Waals surface area contributed by atoms with E-state index >= 15 is 0 Å². The monoisotopic (exact) mass is 478 g/mol. The van der Waals surface area contributed by atoms with Gasteiger partial charge in [-0.1, -0.05) is 0 Å². The van der Waals surface area contributed by atoms with Gasteiger partial charge in [-0.15, -0.1) is 0 Å². The molecular formula is C25H27FN6O3. The predicted octanol–water partition coefficient (Wildman–Crippen LogP) is 3.83. The molecule has 1 fully saturated rings. The summed E-state index contributed by atoms with van der Waals surface area (Å²) in [5, 5.41) is 15.9. The van der Waals surface area contributed by atoms with E-state index in [1.807, 2.05) is 25.1 Å². The molecule has 182 valence electrons. The fourth-order valence-electron chi connectivity index (χ4n) is 3.76. The van der Waals surface area contributed by atoms with E-state index in [4.69, 9.17) is 14.7 Å². The van der Waals surface area contributed by atoms with Gasteiger partial charge in [0.25, 0.3) is 0 Å². The fraction of sp³-hybridized carbons (Fsp3) is 0.360. The number of rotatable bonds is 9. The third kappa shape index (κ3) is 6.20. The fourth-order valence-corrected chi connectivity index (χ4v) is 3.76. The maximum absolute atomic E-state index is 13.7. The Morgan fingerprint density at radius 1 is 1.31 bits per heavy atom. The summed E-state index contributed by atoms with van der Waals surface area (Å²) in [5.41, 5.74) is 1.53. The predicted molar refractivity (Wildman–Crippen MR) is 130 cm³/mol. The average Bonchev–Trinajstić information content (AvgIpc) is 3.34. The molecule has 1 saturated heterocycles. The normalized spacial score (nSPS) is 15.2. The minimum absolute atomic E-state index is 0.0755. The van der Waals surface area contributed by atoms with Gasteiger partial charge in [0.1, 0.15) is 35.9 Å². The van der Waals surface area contributed by atoms with Gasteiger partial charge in [-0.3, -0.25) is 4.79 Å². The highest BCUT2D eigenvalue weighted by atomic mass is 19.1. The molecule has 9 nitrogen and oxygen atoms in total. The number of amides is 1. The molecule has 0 bridgehead atoms. The van der Waals surface area contributed by atoms with E-state index in [1.165, 1.54) is 24.5 Å². The van der Waals surface area contributed by atoms with E-state index in [2.05, 4.69) is 20.6 Å². The summed E-state index contributed by atoms with van der Waals surface area (Å²) in [6, 6.07) is 9.52. The van der Waals surface area contributed by atoms with Gasteiger partial charge in [0.15, 0.2) is 0 Å². The molecule has 1 amide bonds. The molecule has 35 heavy (non-hydrogen) atoms. The van der Waals surface area contributed by atoms with Crippen LogP contribution in [0.15, 0.2) is 36.7 Å². The second kappa shape index (κ2) is 11.1. The molecule has 1 aromatic heterocycles. The van der Waals surface area contributed by atoms with Gasteiger partial charge in [-0.25, -0.2) is 14.4 Å². The molecule has 0 saturated carbocycles. The van der Waals surface area contributed by atoms with E-state index in [-0.39, 0.29) is 17.6 Å². The molecule has 0 spiro atoms. The largest absolute Gasteiger partial charge is 0.486 e. The van der Waals surface area contributed by atoms with Crippen LogP contribution in [0.5, 0.6) is 5.75 Å². The van der Waals surface area contributed by atoms with Crippen LogP contribution < -0.4 is 15.4 Å². The number of nitriles is 1. The summed E-state index contributed by atoms with van der Waals surface area (Å²) >= 11 is 0. The van der Waals surface area contributed by atoms with Crippen LogP contribution >= 0.6 is 0 Å². The number of nitrogens with zero attached hydrogens (tertiary/aromatic N) is 4. The molecule has 1 atom stereocenters. The summed E-state index contributed by atoms with van der Waals surface area (Å²) in [5.74, 6) is 0.237. The van der Waals surface area contributed by atoms with Crippen molar-refractivity contribution in [3.63, 3.8) is 0 Å². The van der Waals surface area contributed by atoms with Crippen LogP contribution in [0.25, 0.3) is 10.9 Å². The minimum atomic E-state index is -0.595. The highest BCUT2D eigenvalue weighted by molar-refractivity contribution is 5.99. The zero-order valence-electron chi connectivity index (χ0n) is 19.7. The second-order valence-corrected chi connectivity index (χ2v) is 8.58. The number of fused-ring (bicyclic) bond motifs is 1. The van der Waals surface area contributed by atoms with Crippen molar-refractivity contribution in [2.75, 3.05) is 44.5 Å². The molecule has 1 aliphatic heterocycles. The van der Waals surface area contributed by atoms with Crippen molar-refractivity contribution in [2.24, 2.45) is 0 Å². The Hall–Kier alpha value is -3.81. The third-order valence-corrected chi connectivity index (χ3v) is 5.55. The van der Waals surface area contributed by atoms with Gasteiger partial charge >= 0.3 is 0 Å². The number of ether oxygens (including phenoxy) is 2. The van der Waals surface area contributed by atoms with Crippen LogP contribution in [0, 0.1) is 17.1 Å². The molecule has 0 aliphatic carbocycles. The number of hydrogen-bond donors (Lipinski definition) is 2. The molecule has 10 heteroatoms. The van der Waals surface area contributed by atoms with Crippen molar-refractivity contribution in [2.45, 2.75) is 25.4 Å². The first-order valence-electron chi connectivity index (χ1n) is 11.4. The summed E-state index contributed by atoms with van der Waals surface area (Å²) < 4.78 is 25.3. The van der Waals surface area contributed by atoms with Crippen molar-refractivity contribution in [3.05, 3.63) is 48.0 Å². The lowest BCUT2D eigenvalue weighted by atomic mass is 10.1. The molecule has 1 aliphatic rings. The van der Waals surface area contributed by atoms with Crippen molar-refractivity contribution in [3.8, 4) is 11.8 Å². The molecule has 1 unspecified atom stereocenters. The smallest absolute Gasteiger partial charge is 0.224 e. The number of carbonyl (C=O) groups is 1. The van der Waals surface area contributed by atoms with Crippen molar-refractivity contribution in [1.29, 1.82) is 5.26 Å². The molecule has 4 rings (SSSR count). The number of carbonyl (C=O) groups excluding carboxylic acids is 1. The van der Waals surface area contributed by atoms with Gasteiger partial charge < -0.3 is 25.0 Å².